The quantitative estimate of drug-likeness (QED) is 0.246. The average Bonchev–Trinajstić information content (AvgIpc) is 2.94. The van der Waals surface area contributed by atoms with Crippen molar-refractivity contribution in [1.82, 2.24) is 4.57 Å². The van der Waals surface area contributed by atoms with Crippen LogP contribution in [0.25, 0.3) is 0 Å². The van der Waals surface area contributed by atoms with Crippen molar-refractivity contribution < 1.29 is 4.57 Å². The molecule has 0 saturated carbocycles. The second-order valence-electron chi connectivity index (χ2n) is 7.51. The van der Waals surface area contributed by atoms with Crippen molar-refractivity contribution in [3.8, 4) is 0 Å². The lowest BCUT2D eigenvalue weighted by Gasteiger charge is -2.04. The Bertz CT molecular complexity index is 395. The van der Waals surface area contributed by atoms with Crippen molar-refractivity contribution in [2.75, 3.05) is 0 Å². The highest BCUT2D eigenvalue weighted by Gasteiger charge is 2.12. The van der Waals surface area contributed by atoms with Crippen LogP contribution in [0.1, 0.15) is 110 Å². The number of rotatable bonds is 16. The highest BCUT2D eigenvalue weighted by atomic mass is 15.1. The zero-order valence-corrected chi connectivity index (χ0v) is 16.9. The van der Waals surface area contributed by atoms with Crippen molar-refractivity contribution in [2.45, 2.75) is 117 Å². The molecule has 1 aromatic heterocycles. The van der Waals surface area contributed by atoms with Crippen LogP contribution in [0.5, 0.6) is 0 Å². The van der Waals surface area contributed by atoms with Gasteiger partial charge in [-0.1, -0.05) is 84.5 Å². The highest BCUT2D eigenvalue weighted by molar-refractivity contribution is 4.83. The van der Waals surface area contributed by atoms with Gasteiger partial charge in [-0.05, 0) is 19.3 Å². The monoisotopic (exact) mass is 335 g/mol. The Morgan fingerprint density at radius 3 is 1.75 bits per heavy atom. The number of aromatic nitrogens is 2. The van der Waals surface area contributed by atoms with Gasteiger partial charge in [-0.15, -0.1) is 0 Å². The standard InChI is InChI=1S/C22H43N2/c1-4-6-8-9-10-11-12-13-14-15-16-17-19-24-21-20-23(3)22(24)18-7-5-2/h20-21H,4-19H2,1-3H3/q+1. The molecule has 0 fully saturated rings. The van der Waals surface area contributed by atoms with E-state index >= 15 is 0 Å². The van der Waals surface area contributed by atoms with Crippen molar-refractivity contribution in [3.05, 3.63) is 18.2 Å². The Labute approximate surface area is 151 Å². The molecule has 0 aromatic carbocycles. The molecule has 2 heteroatoms. The maximum atomic E-state index is 2.48. The average molecular weight is 336 g/mol. The summed E-state index contributed by atoms with van der Waals surface area (Å²) in [5.74, 6) is 1.50. The van der Waals surface area contributed by atoms with Crippen LogP contribution in [0.2, 0.25) is 0 Å². The fraction of sp³-hybridized carbons (Fsp3) is 0.864. The molecule has 2 nitrogen and oxygen atoms in total. The van der Waals surface area contributed by atoms with Crippen LogP contribution in [0.4, 0.5) is 0 Å². The SMILES string of the molecule is CCCCCCCCCCCCCCn1cc[n+](C)c1CCCC. The summed E-state index contributed by atoms with van der Waals surface area (Å²) in [7, 11) is 2.18. The minimum absolute atomic E-state index is 1.21. The third kappa shape index (κ3) is 9.49. The van der Waals surface area contributed by atoms with E-state index in [-0.39, 0.29) is 0 Å². The lowest BCUT2D eigenvalue weighted by atomic mass is 10.1. The van der Waals surface area contributed by atoms with E-state index in [0.29, 0.717) is 0 Å². The number of unbranched alkanes of at least 4 members (excludes halogenated alkanes) is 12. The molecular formula is C22H43N2+. The van der Waals surface area contributed by atoms with Crippen molar-refractivity contribution in [2.24, 2.45) is 7.05 Å². The molecule has 0 bridgehead atoms. The number of nitrogens with zero attached hydrogens (tertiary/aromatic N) is 2. The molecule has 140 valence electrons. The van der Waals surface area contributed by atoms with Gasteiger partial charge in [0.1, 0.15) is 12.4 Å². The summed E-state index contributed by atoms with van der Waals surface area (Å²) in [5, 5.41) is 0. The molecule has 0 radical (unpaired) electrons. The summed E-state index contributed by atoms with van der Waals surface area (Å²) < 4.78 is 4.78. The van der Waals surface area contributed by atoms with Gasteiger partial charge in [-0.2, -0.15) is 0 Å². The van der Waals surface area contributed by atoms with Gasteiger partial charge in [0.2, 0.25) is 0 Å². The number of hydrogen-bond donors (Lipinski definition) is 0. The molecule has 1 heterocycles. The summed E-state index contributed by atoms with van der Waals surface area (Å²) in [4.78, 5) is 0. The molecule has 24 heavy (non-hydrogen) atoms. The molecule has 0 aliphatic carbocycles. The molecule has 0 amide bonds. The summed E-state index contributed by atoms with van der Waals surface area (Å²) in [6.45, 7) is 5.78. The molecular weight excluding hydrogens is 292 g/mol. The van der Waals surface area contributed by atoms with Crippen LogP contribution in [-0.2, 0) is 20.0 Å². The van der Waals surface area contributed by atoms with Gasteiger partial charge in [-0.25, -0.2) is 9.13 Å². The third-order valence-electron chi connectivity index (χ3n) is 5.22. The van der Waals surface area contributed by atoms with E-state index in [1.807, 2.05) is 0 Å². The first-order valence-electron chi connectivity index (χ1n) is 10.8. The van der Waals surface area contributed by atoms with Gasteiger partial charge >= 0.3 is 0 Å². The van der Waals surface area contributed by atoms with E-state index in [4.69, 9.17) is 0 Å². The van der Waals surface area contributed by atoms with Crippen molar-refractivity contribution >= 4 is 0 Å². The van der Waals surface area contributed by atoms with Crippen LogP contribution < -0.4 is 4.57 Å². The van der Waals surface area contributed by atoms with Gasteiger partial charge in [0.15, 0.2) is 0 Å². The largest absolute Gasteiger partial charge is 0.256 e. The molecule has 0 N–H and O–H groups in total. The van der Waals surface area contributed by atoms with Gasteiger partial charge < -0.3 is 0 Å². The first-order chi connectivity index (χ1) is 11.8. The lowest BCUT2D eigenvalue weighted by Crippen LogP contribution is -2.32. The first-order valence-corrected chi connectivity index (χ1v) is 10.8. The Balaban J connectivity index is 1.97. The van der Waals surface area contributed by atoms with E-state index in [2.05, 4.69) is 42.4 Å². The zero-order valence-electron chi connectivity index (χ0n) is 16.9. The normalized spacial score (nSPS) is 11.3. The van der Waals surface area contributed by atoms with Crippen molar-refractivity contribution in [3.63, 3.8) is 0 Å². The van der Waals surface area contributed by atoms with Gasteiger partial charge in [-0.3, -0.25) is 0 Å². The van der Waals surface area contributed by atoms with Crippen LogP contribution in [0.3, 0.4) is 0 Å². The van der Waals surface area contributed by atoms with E-state index in [0.717, 1.165) is 0 Å². The topological polar surface area (TPSA) is 8.81 Å². The number of aryl methyl sites for hydroxylation is 2. The minimum atomic E-state index is 1.21. The first kappa shape index (κ1) is 21.3. The van der Waals surface area contributed by atoms with Crippen LogP contribution >= 0.6 is 0 Å². The second-order valence-corrected chi connectivity index (χ2v) is 7.51. The summed E-state index contributed by atoms with van der Waals surface area (Å²) in [6, 6.07) is 0. The Morgan fingerprint density at radius 2 is 1.21 bits per heavy atom. The summed E-state index contributed by atoms with van der Waals surface area (Å²) in [5.41, 5.74) is 0. The Hall–Kier alpha value is -0.790. The van der Waals surface area contributed by atoms with Gasteiger partial charge in [0.25, 0.3) is 5.82 Å². The molecule has 1 rings (SSSR count). The predicted molar refractivity (Wildman–Crippen MR) is 105 cm³/mol. The fourth-order valence-electron chi connectivity index (χ4n) is 3.54. The number of hydrogen-bond acceptors (Lipinski definition) is 0. The smallest absolute Gasteiger partial charge is 0.237 e. The third-order valence-corrected chi connectivity index (χ3v) is 5.22. The molecule has 0 atom stereocenters. The van der Waals surface area contributed by atoms with Crippen LogP contribution in [0, 0.1) is 0 Å². The summed E-state index contributed by atoms with van der Waals surface area (Å²) in [6.07, 6.45) is 25.4. The maximum absolute atomic E-state index is 2.48. The Morgan fingerprint density at radius 1 is 0.708 bits per heavy atom. The molecule has 1 aromatic rings. The fourth-order valence-corrected chi connectivity index (χ4v) is 3.54. The van der Waals surface area contributed by atoms with E-state index < -0.39 is 0 Å². The van der Waals surface area contributed by atoms with Crippen LogP contribution in [-0.4, -0.2) is 4.57 Å². The van der Waals surface area contributed by atoms with Crippen LogP contribution in [0.15, 0.2) is 12.4 Å². The van der Waals surface area contributed by atoms with E-state index in [1.54, 1.807) is 0 Å². The molecule has 0 saturated heterocycles. The number of imidazole rings is 1. The minimum Gasteiger partial charge on any atom is -0.237 e. The molecule has 0 aliphatic rings. The maximum Gasteiger partial charge on any atom is 0.256 e. The van der Waals surface area contributed by atoms with Gasteiger partial charge in [0.05, 0.1) is 13.6 Å². The molecule has 0 unspecified atom stereocenters. The predicted octanol–water partition coefficient (Wildman–Crippen LogP) is 6.36. The molecule has 0 spiro atoms. The summed E-state index contributed by atoms with van der Waals surface area (Å²) >= 11 is 0. The zero-order chi connectivity index (χ0) is 17.5. The van der Waals surface area contributed by atoms with E-state index in [9.17, 15) is 0 Å². The van der Waals surface area contributed by atoms with E-state index in [1.165, 1.54) is 109 Å². The Kier molecular flexibility index (Phi) is 12.9. The molecule has 0 aliphatic heterocycles. The van der Waals surface area contributed by atoms with Crippen molar-refractivity contribution in [1.29, 1.82) is 0 Å². The van der Waals surface area contributed by atoms with Gasteiger partial charge in [0, 0.05) is 6.42 Å². The highest BCUT2D eigenvalue weighted by Crippen LogP contribution is 2.12. The lowest BCUT2D eigenvalue weighted by molar-refractivity contribution is -0.678. The second kappa shape index (κ2) is 14.5.